The number of hydrogen-bond donors (Lipinski definition) is 0. The largest absolute Gasteiger partial charge is 0.393 e. The van der Waals surface area contributed by atoms with Crippen LogP contribution in [0, 0.1) is 23.0 Å². The van der Waals surface area contributed by atoms with Crippen molar-refractivity contribution in [2.24, 2.45) is 11.3 Å². The molecule has 0 N–H and O–H groups in total. The van der Waals surface area contributed by atoms with E-state index in [1.807, 2.05) is 0 Å². The van der Waals surface area contributed by atoms with Crippen LogP contribution in [0.15, 0.2) is 48.9 Å². The van der Waals surface area contributed by atoms with Crippen LogP contribution in [0.5, 0.6) is 0 Å². The molecule has 0 unspecified atom stereocenters. The molecule has 0 spiro atoms. The van der Waals surface area contributed by atoms with Crippen molar-refractivity contribution >= 4 is 0 Å². The van der Waals surface area contributed by atoms with Gasteiger partial charge in [-0.05, 0) is 54.0 Å². The Balaban J connectivity index is 1.40. The SMILES string of the molecule is C[C@@H](Cn1ccc(-c2cncc([C@@]34CC[C@@H](c5cc(-c6c(F)cccc6F)nnc53)C4(C)C)n2)n1)C(F)(F)F. The zero-order valence-corrected chi connectivity index (χ0v) is 21.5. The van der Waals surface area contributed by atoms with Gasteiger partial charge in [-0.3, -0.25) is 9.67 Å². The molecule has 1 fully saturated rings. The van der Waals surface area contributed by atoms with Crippen molar-refractivity contribution in [2.75, 3.05) is 0 Å². The molecule has 0 radical (unpaired) electrons. The summed E-state index contributed by atoms with van der Waals surface area (Å²) < 4.78 is 69.3. The molecule has 2 aliphatic rings. The molecule has 2 aliphatic carbocycles. The van der Waals surface area contributed by atoms with Crippen molar-refractivity contribution in [1.82, 2.24) is 29.9 Å². The van der Waals surface area contributed by atoms with Crippen LogP contribution in [-0.2, 0) is 12.0 Å². The zero-order chi connectivity index (χ0) is 27.7. The number of alkyl halides is 3. The molecule has 1 aromatic carbocycles. The Morgan fingerprint density at radius 1 is 1.03 bits per heavy atom. The standard InChI is InChI=1S/C28H25F5N6/c1-15(28(31,32)33)14-39-10-8-20(38-39)22-12-34-13-23(35-22)27-9-7-17(26(27,2)3)16-11-21(36-37-25(16)27)24-18(29)5-4-6-19(24)30/h4-6,8,10-13,15,17H,7,9,14H2,1-3H3/t15-,17-,27-/m0/s1. The molecule has 3 atom stereocenters. The van der Waals surface area contributed by atoms with Gasteiger partial charge in [0.1, 0.15) is 23.0 Å². The van der Waals surface area contributed by atoms with E-state index in [0.29, 0.717) is 22.8 Å². The molecule has 0 saturated heterocycles. The van der Waals surface area contributed by atoms with Gasteiger partial charge in [-0.2, -0.15) is 23.4 Å². The minimum atomic E-state index is -4.32. The van der Waals surface area contributed by atoms with Crippen LogP contribution in [0.25, 0.3) is 22.6 Å². The number of hydrogen-bond acceptors (Lipinski definition) is 5. The monoisotopic (exact) mass is 540 g/mol. The summed E-state index contributed by atoms with van der Waals surface area (Å²) in [7, 11) is 0. The number of aromatic nitrogens is 6. The van der Waals surface area contributed by atoms with Gasteiger partial charge < -0.3 is 0 Å². The van der Waals surface area contributed by atoms with E-state index in [1.54, 1.807) is 18.3 Å². The number of rotatable bonds is 5. The first kappa shape index (κ1) is 25.5. The van der Waals surface area contributed by atoms with Gasteiger partial charge in [-0.15, -0.1) is 5.10 Å². The van der Waals surface area contributed by atoms with Gasteiger partial charge >= 0.3 is 6.18 Å². The second kappa shape index (κ2) is 8.62. The molecule has 3 aromatic heterocycles. The van der Waals surface area contributed by atoms with Crippen LogP contribution < -0.4 is 0 Å². The number of nitrogens with zero attached hydrogens (tertiary/aromatic N) is 6. The molecule has 6 rings (SSSR count). The first-order valence-corrected chi connectivity index (χ1v) is 12.7. The summed E-state index contributed by atoms with van der Waals surface area (Å²) in [6.45, 7) is 5.06. The fourth-order valence-corrected chi connectivity index (χ4v) is 6.44. The van der Waals surface area contributed by atoms with Crippen LogP contribution in [0.4, 0.5) is 22.0 Å². The summed E-state index contributed by atoms with van der Waals surface area (Å²) >= 11 is 0. The third-order valence-electron chi connectivity index (χ3n) is 8.60. The molecule has 1 saturated carbocycles. The van der Waals surface area contributed by atoms with E-state index in [4.69, 9.17) is 4.98 Å². The average molecular weight is 541 g/mol. The van der Waals surface area contributed by atoms with E-state index >= 15 is 0 Å². The van der Waals surface area contributed by atoms with Crippen molar-refractivity contribution in [3.63, 3.8) is 0 Å². The normalized spacial score (nSPS) is 22.2. The zero-order valence-electron chi connectivity index (χ0n) is 21.5. The molecule has 4 aromatic rings. The van der Waals surface area contributed by atoms with Gasteiger partial charge in [-0.1, -0.05) is 26.8 Å². The minimum absolute atomic E-state index is 0.0603. The van der Waals surface area contributed by atoms with E-state index in [0.717, 1.165) is 25.3 Å². The van der Waals surface area contributed by atoms with Gasteiger partial charge in [0, 0.05) is 12.4 Å². The highest BCUT2D eigenvalue weighted by Crippen LogP contribution is 2.69. The summed E-state index contributed by atoms with van der Waals surface area (Å²) in [6, 6.07) is 7.04. The molecule has 6 nitrogen and oxygen atoms in total. The molecular formula is C28H25F5N6. The molecule has 2 bridgehead atoms. The van der Waals surface area contributed by atoms with Crippen molar-refractivity contribution in [2.45, 2.75) is 57.7 Å². The Labute approximate surface area is 221 Å². The second-order valence-electron chi connectivity index (χ2n) is 11.0. The highest BCUT2D eigenvalue weighted by molar-refractivity contribution is 5.64. The molecule has 3 heterocycles. The van der Waals surface area contributed by atoms with E-state index in [1.165, 1.54) is 35.3 Å². The minimum Gasteiger partial charge on any atom is -0.271 e. The first-order valence-electron chi connectivity index (χ1n) is 12.7. The Hall–Kier alpha value is -3.76. The van der Waals surface area contributed by atoms with Gasteiger partial charge in [0.15, 0.2) is 0 Å². The van der Waals surface area contributed by atoms with E-state index in [9.17, 15) is 22.0 Å². The van der Waals surface area contributed by atoms with E-state index in [2.05, 4.69) is 34.1 Å². The first-order chi connectivity index (χ1) is 18.4. The maximum atomic E-state index is 14.5. The third-order valence-corrected chi connectivity index (χ3v) is 8.60. The smallest absolute Gasteiger partial charge is 0.271 e. The van der Waals surface area contributed by atoms with Crippen molar-refractivity contribution in [3.8, 4) is 22.6 Å². The molecular weight excluding hydrogens is 515 g/mol. The Bertz CT molecular complexity index is 1560. The van der Waals surface area contributed by atoms with Gasteiger partial charge in [0.2, 0.25) is 0 Å². The fourth-order valence-electron chi connectivity index (χ4n) is 6.44. The average Bonchev–Trinajstić information content (AvgIpc) is 3.51. The van der Waals surface area contributed by atoms with Gasteiger partial charge in [0.25, 0.3) is 0 Å². The maximum absolute atomic E-state index is 14.5. The van der Waals surface area contributed by atoms with Crippen molar-refractivity contribution in [1.29, 1.82) is 0 Å². The lowest BCUT2D eigenvalue weighted by Gasteiger charge is -2.37. The Morgan fingerprint density at radius 2 is 1.77 bits per heavy atom. The molecule has 0 amide bonds. The molecule has 202 valence electrons. The van der Waals surface area contributed by atoms with Crippen molar-refractivity contribution in [3.05, 3.63) is 77.5 Å². The predicted octanol–water partition coefficient (Wildman–Crippen LogP) is 6.48. The number of benzene rings is 1. The lowest BCUT2D eigenvalue weighted by molar-refractivity contribution is -0.173. The van der Waals surface area contributed by atoms with Gasteiger partial charge in [-0.25, -0.2) is 13.8 Å². The highest BCUT2D eigenvalue weighted by Gasteiger charge is 2.65. The Kier molecular flexibility index (Phi) is 5.64. The topological polar surface area (TPSA) is 69.4 Å². The summed E-state index contributed by atoms with van der Waals surface area (Å²) in [4.78, 5) is 9.31. The quantitative estimate of drug-likeness (QED) is 0.271. The Morgan fingerprint density at radius 3 is 2.49 bits per heavy atom. The van der Waals surface area contributed by atoms with Crippen molar-refractivity contribution < 1.29 is 22.0 Å². The molecule has 0 aliphatic heterocycles. The van der Waals surface area contributed by atoms with Gasteiger partial charge in [0.05, 0.1) is 46.7 Å². The second-order valence-corrected chi connectivity index (χ2v) is 11.0. The van der Waals surface area contributed by atoms with Crippen LogP contribution in [0.2, 0.25) is 0 Å². The molecule has 39 heavy (non-hydrogen) atoms. The highest BCUT2D eigenvalue weighted by atomic mass is 19.4. The molecule has 11 heteroatoms. The summed E-state index contributed by atoms with van der Waals surface area (Å²) in [5, 5.41) is 13.1. The summed E-state index contributed by atoms with van der Waals surface area (Å²) in [5.74, 6) is -2.90. The summed E-state index contributed by atoms with van der Waals surface area (Å²) in [6.07, 6.45) is 1.95. The number of halogens is 5. The third kappa shape index (κ3) is 3.76. The fraction of sp³-hybridized carbons (Fsp3) is 0.393. The number of fused-ring (bicyclic) bond motifs is 5. The van der Waals surface area contributed by atoms with Crippen LogP contribution in [0.3, 0.4) is 0 Å². The lowest BCUT2D eigenvalue weighted by atomic mass is 9.66. The predicted molar refractivity (Wildman–Crippen MR) is 132 cm³/mol. The summed E-state index contributed by atoms with van der Waals surface area (Å²) in [5.41, 5.74) is 2.03. The maximum Gasteiger partial charge on any atom is 0.393 e. The van der Waals surface area contributed by atoms with Crippen LogP contribution in [0.1, 0.15) is 56.5 Å². The van der Waals surface area contributed by atoms with E-state index < -0.39 is 29.1 Å². The van der Waals surface area contributed by atoms with Crippen LogP contribution in [-0.4, -0.2) is 36.1 Å². The van der Waals surface area contributed by atoms with Crippen LogP contribution >= 0.6 is 0 Å². The van der Waals surface area contributed by atoms with E-state index in [-0.39, 0.29) is 29.1 Å². The lowest BCUT2D eigenvalue weighted by Crippen LogP contribution is -2.38.